The van der Waals surface area contributed by atoms with Crippen LogP contribution in [-0.2, 0) is 9.84 Å². The Labute approximate surface area is 159 Å². The second-order valence-corrected chi connectivity index (χ2v) is 8.98. The van der Waals surface area contributed by atoms with Crippen molar-refractivity contribution in [2.24, 2.45) is 5.92 Å². The van der Waals surface area contributed by atoms with Gasteiger partial charge >= 0.3 is 0 Å². The Morgan fingerprint density at radius 2 is 1.92 bits per heavy atom. The van der Waals surface area contributed by atoms with Crippen molar-refractivity contribution in [3.63, 3.8) is 0 Å². The summed E-state index contributed by atoms with van der Waals surface area (Å²) < 4.78 is 29.3. The summed E-state index contributed by atoms with van der Waals surface area (Å²) >= 11 is 5.83. The summed E-state index contributed by atoms with van der Waals surface area (Å²) in [5.74, 6) is 1.60. The predicted octanol–water partition coefficient (Wildman–Crippen LogP) is 3.02. The van der Waals surface area contributed by atoms with E-state index in [0.717, 1.165) is 25.9 Å². The lowest BCUT2D eigenvalue weighted by Crippen LogP contribution is -2.39. The van der Waals surface area contributed by atoms with Crippen LogP contribution in [0.4, 0.5) is 5.95 Å². The Morgan fingerprint density at radius 3 is 2.54 bits per heavy atom. The van der Waals surface area contributed by atoms with Crippen LogP contribution in [-0.4, -0.2) is 43.8 Å². The highest BCUT2D eigenvalue weighted by Crippen LogP contribution is 2.27. The lowest BCUT2D eigenvalue weighted by molar-refractivity contribution is 0.132. The van der Waals surface area contributed by atoms with E-state index in [1.54, 1.807) is 24.5 Å². The molecule has 1 aromatic carbocycles. The summed E-state index contributed by atoms with van der Waals surface area (Å²) in [5, 5.41) is 0.527. The van der Waals surface area contributed by atoms with Crippen molar-refractivity contribution in [1.29, 1.82) is 0 Å². The van der Waals surface area contributed by atoms with Gasteiger partial charge < -0.3 is 9.64 Å². The molecule has 8 heteroatoms. The molecule has 0 aliphatic carbocycles. The van der Waals surface area contributed by atoms with Crippen LogP contribution in [0.25, 0.3) is 0 Å². The lowest BCUT2D eigenvalue weighted by atomic mass is 9.92. The van der Waals surface area contributed by atoms with E-state index in [1.807, 2.05) is 6.92 Å². The van der Waals surface area contributed by atoms with Crippen LogP contribution in [0.1, 0.15) is 19.8 Å². The maximum Gasteiger partial charge on any atom is 0.225 e. The first-order chi connectivity index (χ1) is 12.3. The van der Waals surface area contributed by atoms with Gasteiger partial charge in [-0.25, -0.2) is 18.4 Å². The highest BCUT2D eigenvalue weighted by molar-refractivity contribution is 7.90. The van der Waals surface area contributed by atoms with Gasteiger partial charge in [0.25, 0.3) is 0 Å². The van der Waals surface area contributed by atoms with E-state index in [1.165, 1.54) is 12.3 Å². The fraction of sp³-hybridized carbons (Fsp3) is 0.444. The molecule has 1 aliphatic rings. The summed E-state index contributed by atoms with van der Waals surface area (Å²) in [6.45, 7) is 3.71. The zero-order valence-corrected chi connectivity index (χ0v) is 16.3. The number of nitrogens with zero attached hydrogens (tertiary/aromatic N) is 3. The second kappa shape index (κ2) is 7.80. The van der Waals surface area contributed by atoms with E-state index in [2.05, 4.69) is 20.9 Å². The largest absolute Gasteiger partial charge is 0.490 e. The number of ether oxygens (including phenoxy) is 1. The summed E-state index contributed by atoms with van der Waals surface area (Å²) in [5.41, 5.74) is 0. The van der Waals surface area contributed by atoms with Gasteiger partial charge in [0, 0.05) is 19.3 Å². The maximum absolute atomic E-state index is 11.7. The van der Waals surface area contributed by atoms with Gasteiger partial charge in [-0.3, -0.25) is 0 Å². The topological polar surface area (TPSA) is 72.4 Å². The summed E-state index contributed by atoms with van der Waals surface area (Å²) in [6, 6.07) is 7.52. The first-order valence-electron chi connectivity index (χ1n) is 8.43. The number of hydrogen-bond donors (Lipinski definition) is 0. The molecule has 6 nitrogen and oxygen atoms in total. The zero-order chi connectivity index (χ0) is 18.7. The Balaban J connectivity index is 1.58. The molecular weight excluding hydrogens is 374 g/mol. The van der Waals surface area contributed by atoms with E-state index in [0.29, 0.717) is 22.6 Å². The number of benzene rings is 1. The van der Waals surface area contributed by atoms with E-state index in [4.69, 9.17) is 16.3 Å². The van der Waals surface area contributed by atoms with E-state index >= 15 is 0 Å². The molecule has 2 heterocycles. The van der Waals surface area contributed by atoms with Crippen LogP contribution in [0.3, 0.4) is 0 Å². The van der Waals surface area contributed by atoms with Crippen LogP contribution in [0.5, 0.6) is 5.75 Å². The number of sulfone groups is 1. The molecular formula is C18H21ClN3O3S. The normalized spacial score (nSPS) is 17.1. The fourth-order valence-corrected chi connectivity index (χ4v) is 3.77. The molecule has 1 radical (unpaired) electrons. The molecule has 0 spiro atoms. The third-order valence-corrected chi connectivity index (χ3v) is 5.87. The molecule has 1 aliphatic heterocycles. The van der Waals surface area contributed by atoms with Crippen molar-refractivity contribution >= 4 is 27.4 Å². The SMILES string of the molecule is C[C@H](Oc1c[c]cc(S(C)(=O)=O)c1)C1CCN(c2ncc(Cl)cn2)CC1. The Kier molecular flexibility index (Phi) is 5.67. The van der Waals surface area contributed by atoms with Crippen molar-refractivity contribution < 1.29 is 13.2 Å². The standard InChI is InChI=1S/C18H21ClN3O3S/c1-13(25-16-4-3-5-17(10-16)26(2,23)24)14-6-8-22(9-7-14)18-20-11-15(19)12-21-18/h4-5,10-14H,6-9H2,1-2H3/t13-/m0/s1. The molecule has 26 heavy (non-hydrogen) atoms. The van der Waals surface area contributed by atoms with Crippen molar-refractivity contribution in [2.75, 3.05) is 24.2 Å². The van der Waals surface area contributed by atoms with E-state index < -0.39 is 9.84 Å². The van der Waals surface area contributed by atoms with Crippen molar-refractivity contribution in [2.45, 2.75) is 30.8 Å². The van der Waals surface area contributed by atoms with Crippen LogP contribution in [0.15, 0.2) is 35.5 Å². The average Bonchev–Trinajstić information content (AvgIpc) is 2.62. The first kappa shape index (κ1) is 18.9. The first-order valence-corrected chi connectivity index (χ1v) is 10.7. The molecule has 139 valence electrons. The molecule has 1 fully saturated rings. The zero-order valence-electron chi connectivity index (χ0n) is 14.7. The van der Waals surface area contributed by atoms with Gasteiger partial charge in [0.15, 0.2) is 9.84 Å². The Morgan fingerprint density at radius 1 is 1.27 bits per heavy atom. The molecule has 1 atom stereocenters. The Hall–Kier alpha value is -1.86. The number of anilines is 1. The molecule has 0 N–H and O–H groups in total. The number of halogens is 1. The van der Waals surface area contributed by atoms with Crippen LogP contribution in [0.2, 0.25) is 5.02 Å². The highest BCUT2D eigenvalue weighted by Gasteiger charge is 2.26. The minimum Gasteiger partial charge on any atom is -0.490 e. The number of rotatable bonds is 5. The number of aromatic nitrogens is 2. The Bertz CT molecular complexity index is 850. The van der Waals surface area contributed by atoms with Crippen molar-refractivity contribution in [1.82, 2.24) is 9.97 Å². The fourth-order valence-electron chi connectivity index (χ4n) is 3.06. The number of piperidine rings is 1. The highest BCUT2D eigenvalue weighted by atomic mass is 35.5. The molecule has 0 saturated carbocycles. The van der Waals surface area contributed by atoms with Gasteiger partial charge in [0.1, 0.15) is 5.75 Å². The molecule has 0 bridgehead atoms. The smallest absolute Gasteiger partial charge is 0.225 e. The monoisotopic (exact) mass is 394 g/mol. The quantitative estimate of drug-likeness (QED) is 0.776. The summed E-state index contributed by atoms with van der Waals surface area (Å²) in [4.78, 5) is 10.9. The van der Waals surface area contributed by atoms with Gasteiger partial charge in [-0.1, -0.05) is 11.6 Å². The van der Waals surface area contributed by atoms with Gasteiger partial charge in [-0.15, -0.1) is 0 Å². The van der Waals surface area contributed by atoms with Gasteiger partial charge in [-0.2, -0.15) is 0 Å². The van der Waals surface area contributed by atoms with Crippen molar-refractivity contribution in [3.8, 4) is 5.75 Å². The molecule has 0 unspecified atom stereocenters. The molecule has 2 aromatic rings. The van der Waals surface area contributed by atoms with Crippen LogP contribution < -0.4 is 9.64 Å². The van der Waals surface area contributed by atoms with Crippen molar-refractivity contribution in [3.05, 3.63) is 41.7 Å². The molecule has 1 aromatic heterocycles. The average molecular weight is 395 g/mol. The predicted molar refractivity (Wildman–Crippen MR) is 100 cm³/mol. The van der Waals surface area contributed by atoms with Crippen LogP contribution in [0, 0.1) is 12.0 Å². The van der Waals surface area contributed by atoms with E-state index in [9.17, 15) is 8.42 Å². The van der Waals surface area contributed by atoms with E-state index in [-0.39, 0.29) is 11.0 Å². The molecule has 1 saturated heterocycles. The molecule has 3 rings (SSSR count). The number of hydrogen-bond acceptors (Lipinski definition) is 6. The molecule has 0 amide bonds. The lowest BCUT2D eigenvalue weighted by Gasteiger charge is -2.34. The third-order valence-electron chi connectivity index (χ3n) is 4.58. The summed E-state index contributed by atoms with van der Waals surface area (Å²) in [7, 11) is -3.27. The van der Waals surface area contributed by atoms with Gasteiger partial charge in [0.05, 0.1) is 28.4 Å². The maximum atomic E-state index is 11.7. The minimum absolute atomic E-state index is 0.0218. The van der Waals surface area contributed by atoms with Gasteiger partial charge in [-0.05, 0) is 49.9 Å². The minimum atomic E-state index is -3.27. The third kappa shape index (κ3) is 4.65. The second-order valence-electron chi connectivity index (χ2n) is 6.53. The van der Waals surface area contributed by atoms with Crippen LogP contribution >= 0.6 is 11.6 Å². The van der Waals surface area contributed by atoms with Gasteiger partial charge in [0.2, 0.25) is 5.95 Å². The summed E-state index contributed by atoms with van der Waals surface area (Å²) in [6.07, 6.45) is 6.26.